The Labute approximate surface area is 120 Å². The lowest BCUT2D eigenvalue weighted by Crippen LogP contribution is -1.95. The third kappa shape index (κ3) is 3.19. The number of nitriles is 1. The van der Waals surface area contributed by atoms with Crippen LogP contribution in [0.4, 0.5) is 8.78 Å². The van der Waals surface area contributed by atoms with Crippen molar-refractivity contribution in [2.24, 2.45) is 0 Å². The van der Waals surface area contributed by atoms with Crippen molar-refractivity contribution in [3.05, 3.63) is 51.2 Å². The maximum atomic E-state index is 13.7. The Balaban J connectivity index is 2.42. The first kappa shape index (κ1) is 13.7. The monoisotopic (exact) mass is 344 g/mol. The SMILES string of the molecule is N#Cc1cc(Cl)cc(Oc2cc(F)nc(Br)c2F)c1. The van der Waals surface area contributed by atoms with Crippen LogP contribution in [0.25, 0.3) is 0 Å². The molecule has 3 nitrogen and oxygen atoms in total. The van der Waals surface area contributed by atoms with E-state index in [1.807, 2.05) is 6.07 Å². The fraction of sp³-hybridized carbons (Fsp3) is 0. The summed E-state index contributed by atoms with van der Waals surface area (Å²) in [7, 11) is 0. The molecule has 0 fully saturated rings. The van der Waals surface area contributed by atoms with Gasteiger partial charge in [0.1, 0.15) is 10.4 Å². The fourth-order valence-electron chi connectivity index (χ4n) is 1.34. The van der Waals surface area contributed by atoms with E-state index >= 15 is 0 Å². The summed E-state index contributed by atoms with van der Waals surface area (Å²) >= 11 is 8.55. The van der Waals surface area contributed by atoms with Gasteiger partial charge in [0, 0.05) is 11.1 Å². The Morgan fingerprint density at radius 3 is 2.68 bits per heavy atom. The van der Waals surface area contributed by atoms with E-state index in [1.165, 1.54) is 18.2 Å². The lowest BCUT2D eigenvalue weighted by atomic mass is 10.2. The Bertz CT molecular complexity index is 688. The van der Waals surface area contributed by atoms with Crippen molar-refractivity contribution < 1.29 is 13.5 Å². The highest BCUT2D eigenvalue weighted by molar-refractivity contribution is 9.10. The van der Waals surface area contributed by atoms with E-state index in [2.05, 4.69) is 20.9 Å². The molecule has 0 saturated carbocycles. The minimum Gasteiger partial charge on any atom is -0.454 e. The molecule has 7 heteroatoms. The zero-order valence-electron chi connectivity index (χ0n) is 9.12. The van der Waals surface area contributed by atoms with Crippen molar-refractivity contribution in [2.45, 2.75) is 0 Å². The van der Waals surface area contributed by atoms with Crippen molar-refractivity contribution >= 4 is 27.5 Å². The highest BCUT2D eigenvalue weighted by Gasteiger charge is 2.13. The Kier molecular flexibility index (Phi) is 3.98. The number of rotatable bonds is 2. The lowest BCUT2D eigenvalue weighted by molar-refractivity contribution is 0.427. The smallest absolute Gasteiger partial charge is 0.217 e. The number of nitrogens with zero attached hydrogens (tertiary/aromatic N) is 2. The molecule has 0 bridgehead atoms. The van der Waals surface area contributed by atoms with Crippen LogP contribution in [-0.2, 0) is 0 Å². The standard InChI is InChI=1S/C12H4BrClF2N2O/c13-12-11(16)9(4-10(15)18-12)19-8-2-6(5-17)1-7(14)3-8/h1-4H. The molecule has 0 spiro atoms. The van der Waals surface area contributed by atoms with Crippen LogP contribution in [-0.4, -0.2) is 4.98 Å². The average Bonchev–Trinajstić information content (AvgIpc) is 2.34. The maximum Gasteiger partial charge on any atom is 0.217 e. The molecule has 0 aliphatic rings. The Morgan fingerprint density at radius 2 is 2.00 bits per heavy atom. The molecule has 2 aromatic rings. The minimum atomic E-state index is -0.897. The second-order valence-corrected chi connectivity index (χ2v) is 4.62. The van der Waals surface area contributed by atoms with Gasteiger partial charge >= 0.3 is 0 Å². The summed E-state index contributed by atoms with van der Waals surface area (Å²) in [6, 6.07) is 6.84. The van der Waals surface area contributed by atoms with E-state index < -0.39 is 11.8 Å². The van der Waals surface area contributed by atoms with Crippen LogP contribution in [0.5, 0.6) is 11.5 Å². The quantitative estimate of drug-likeness (QED) is 0.756. The molecule has 0 amide bonds. The first-order chi connectivity index (χ1) is 8.99. The molecule has 0 atom stereocenters. The molecule has 1 heterocycles. The van der Waals surface area contributed by atoms with E-state index in [0.717, 1.165) is 6.07 Å². The van der Waals surface area contributed by atoms with Crippen LogP contribution in [0.1, 0.15) is 5.56 Å². The van der Waals surface area contributed by atoms with E-state index in [-0.39, 0.29) is 26.7 Å². The highest BCUT2D eigenvalue weighted by atomic mass is 79.9. The van der Waals surface area contributed by atoms with Crippen molar-refractivity contribution in [1.82, 2.24) is 4.98 Å². The van der Waals surface area contributed by atoms with Gasteiger partial charge in [0.05, 0.1) is 11.6 Å². The molecule has 1 aromatic carbocycles. The predicted molar refractivity (Wildman–Crippen MR) is 68.1 cm³/mol. The molecule has 0 aliphatic carbocycles. The summed E-state index contributed by atoms with van der Waals surface area (Å²) in [4.78, 5) is 3.24. The Hall–Kier alpha value is -1.71. The average molecular weight is 346 g/mol. The Morgan fingerprint density at radius 1 is 1.26 bits per heavy atom. The molecular weight excluding hydrogens is 341 g/mol. The summed E-state index contributed by atoms with van der Waals surface area (Å²) in [5, 5.41) is 9.03. The molecule has 1 aromatic heterocycles. The second-order valence-electron chi connectivity index (χ2n) is 3.44. The molecule has 0 unspecified atom stereocenters. The third-order valence-electron chi connectivity index (χ3n) is 2.08. The zero-order chi connectivity index (χ0) is 14.0. The fourth-order valence-corrected chi connectivity index (χ4v) is 1.93. The number of ether oxygens (including phenoxy) is 1. The van der Waals surface area contributed by atoms with Crippen molar-refractivity contribution in [2.75, 3.05) is 0 Å². The van der Waals surface area contributed by atoms with Gasteiger partial charge in [-0.25, -0.2) is 4.98 Å². The number of pyridine rings is 1. The van der Waals surface area contributed by atoms with Crippen LogP contribution < -0.4 is 4.74 Å². The largest absolute Gasteiger partial charge is 0.454 e. The molecule has 19 heavy (non-hydrogen) atoms. The number of hydrogen-bond acceptors (Lipinski definition) is 3. The van der Waals surface area contributed by atoms with Gasteiger partial charge in [0.15, 0.2) is 11.6 Å². The van der Waals surface area contributed by atoms with Gasteiger partial charge in [0.2, 0.25) is 5.95 Å². The first-order valence-corrected chi connectivity index (χ1v) is 6.07. The number of benzene rings is 1. The van der Waals surface area contributed by atoms with E-state index in [9.17, 15) is 8.78 Å². The van der Waals surface area contributed by atoms with Crippen LogP contribution in [0, 0.1) is 23.1 Å². The van der Waals surface area contributed by atoms with Crippen molar-refractivity contribution in [3.63, 3.8) is 0 Å². The summed E-state index contributed by atoms with van der Waals surface area (Å²) in [5.41, 5.74) is 0.247. The topological polar surface area (TPSA) is 45.9 Å². The molecule has 96 valence electrons. The molecule has 2 rings (SSSR count). The van der Waals surface area contributed by atoms with Gasteiger partial charge in [-0.3, -0.25) is 0 Å². The van der Waals surface area contributed by atoms with Crippen LogP contribution in [0.15, 0.2) is 28.9 Å². The summed E-state index contributed by atoms with van der Waals surface area (Å²) < 4.78 is 31.6. The van der Waals surface area contributed by atoms with Crippen LogP contribution >= 0.6 is 27.5 Å². The molecule has 0 saturated heterocycles. The molecule has 0 N–H and O–H groups in total. The summed E-state index contributed by atoms with van der Waals surface area (Å²) in [5.74, 6) is -1.98. The summed E-state index contributed by atoms with van der Waals surface area (Å²) in [6.45, 7) is 0. The predicted octanol–water partition coefficient (Wildman–Crippen LogP) is 4.44. The lowest BCUT2D eigenvalue weighted by Gasteiger charge is -2.08. The van der Waals surface area contributed by atoms with E-state index in [0.29, 0.717) is 0 Å². The van der Waals surface area contributed by atoms with Gasteiger partial charge in [0.25, 0.3) is 0 Å². The molecule has 0 aliphatic heterocycles. The number of hydrogen-bond donors (Lipinski definition) is 0. The maximum absolute atomic E-state index is 13.7. The highest BCUT2D eigenvalue weighted by Crippen LogP contribution is 2.30. The van der Waals surface area contributed by atoms with Gasteiger partial charge in [-0.2, -0.15) is 14.0 Å². The van der Waals surface area contributed by atoms with E-state index in [4.69, 9.17) is 21.6 Å². The summed E-state index contributed by atoms with van der Waals surface area (Å²) in [6.07, 6.45) is 0. The van der Waals surface area contributed by atoms with E-state index in [1.54, 1.807) is 0 Å². The van der Waals surface area contributed by atoms with Crippen molar-refractivity contribution in [1.29, 1.82) is 5.26 Å². The third-order valence-corrected chi connectivity index (χ3v) is 2.82. The molecule has 0 radical (unpaired) electrons. The zero-order valence-corrected chi connectivity index (χ0v) is 11.5. The molecular formula is C12H4BrClF2N2O. The second kappa shape index (κ2) is 5.51. The van der Waals surface area contributed by atoms with Gasteiger partial charge in [-0.05, 0) is 34.1 Å². The van der Waals surface area contributed by atoms with Crippen LogP contribution in [0.2, 0.25) is 5.02 Å². The van der Waals surface area contributed by atoms with Gasteiger partial charge in [-0.15, -0.1) is 0 Å². The van der Waals surface area contributed by atoms with Gasteiger partial charge < -0.3 is 4.74 Å². The number of aromatic nitrogens is 1. The van der Waals surface area contributed by atoms with Crippen LogP contribution in [0.3, 0.4) is 0 Å². The normalized spacial score (nSPS) is 10.1. The van der Waals surface area contributed by atoms with Gasteiger partial charge in [-0.1, -0.05) is 11.6 Å². The minimum absolute atomic E-state index is 0.125. The number of halogens is 4. The first-order valence-electron chi connectivity index (χ1n) is 4.89. The van der Waals surface area contributed by atoms with Crippen molar-refractivity contribution in [3.8, 4) is 17.6 Å².